The second-order valence-corrected chi connectivity index (χ2v) is 9.79. The maximum Gasteiger partial charge on any atom is 0.217 e. The molecule has 1 aliphatic heterocycles. The summed E-state index contributed by atoms with van der Waals surface area (Å²) in [5.41, 5.74) is 0. The van der Waals surface area contributed by atoms with Gasteiger partial charge in [0.2, 0.25) is 5.91 Å². The molecule has 0 aromatic rings. The van der Waals surface area contributed by atoms with Crippen LogP contribution in [0.2, 0.25) is 0 Å². The van der Waals surface area contributed by atoms with Crippen molar-refractivity contribution in [3.05, 3.63) is 12.2 Å². The molecule has 1 rings (SSSR count). The Morgan fingerprint density at radius 3 is 2.06 bits per heavy atom. The first kappa shape index (κ1) is 33.0. The van der Waals surface area contributed by atoms with Gasteiger partial charge in [-0.2, -0.15) is 0 Å². The highest BCUT2D eigenvalue weighted by molar-refractivity contribution is 5.73. The van der Waals surface area contributed by atoms with E-state index in [9.17, 15) is 25.2 Å². The Balaban J connectivity index is 2.40. The van der Waals surface area contributed by atoms with Gasteiger partial charge >= 0.3 is 0 Å². The maximum absolute atomic E-state index is 11.7. The van der Waals surface area contributed by atoms with Crippen LogP contribution in [0.4, 0.5) is 0 Å². The number of hydrogen-bond donors (Lipinski definition) is 5. The number of rotatable bonds is 20. The quantitative estimate of drug-likeness (QED) is 0.123. The highest BCUT2D eigenvalue weighted by Gasteiger charge is 2.44. The highest BCUT2D eigenvalue weighted by atomic mass is 16.7. The Labute approximate surface area is 217 Å². The molecular formula is C27H51NO8. The van der Waals surface area contributed by atoms with E-state index in [1.54, 1.807) is 7.11 Å². The summed E-state index contributed by atoms with van der Waals surface area (Å²) in [6, 6.07) is -0.562. The minimum Gasteiger partial charge on any atom is -0.394 e. The monoisotopic (exact) mass is 517 g/mol. The summed E-state index contributed by atoms with van der Waals surface area (Å²) in [6.07, 6.45) is 11.8. The topological polar surface area (TPSA) is 138 Å². The molecule has 0 bridgehead atoms. The summed E-state index contributed by atoms with van der Waals surface area (Å²) in [7, 11) is 1.54. The van der Waals surface area contributed by atoms with Crippen LogP contribution in [0, 0.1) is 0 Å². The highest BCUT2D eigenvalue weighted by Crippen LogP contribution is 2.22. The molecule has 1 aliphatic rings. The molecule has 0 saturated carbocycles. The zero-order valence-electron chi connectivity index (χ0n) is 22.5. The van der Waals surface area contributed by atoms with Crippen LogP contribution in [0.5, 0.6) is 0 Å². The molecule has 0 spiro atoms. The van der Waals surface area contributed by atoms with Crippen molar-refractivity contribution >= 4 is 5.91 Å². The van der Waals surface area contributed by atoms with E-state index in [0.717, 1.165) is 12.8 Å². The molecule has 212 valence electrons. The van der Waals surface area contributed by atoms with Crippen LogP contribution in [0.1, 0.15) is 90.9 Å². The molecule has 1 fully saturated rings. The van der Waals surface area contributed by atoms with E-state index in [0.29, 0.717) is 0 Å². The first-order valence-electron chi connectivity index (χ1n) is 13.7. The van der Waals surface area contributed by atoms with Gasteiger partial charge in [0.15, 0.2) is 6.29 Å². The number of hydrogen-bond acceptors (Lipinski definition) is 8. The third kappa shape index (κ3) is 12.9. The summed E-state index contributed by atoms with van der Waals surface area (Å²) in [5.74, 6) is -0.266. The Bertz CT molecular complexity index is 588. The lowest BCUT2D eigenvalue weighted by Crippen LogP contribution is -2.60. The fourth-order valence-electron chi connectivity index (χ4n) is 4.42. The van der Waals surface area contributed by atoms with E-state index < -0.39 is 49.5 Å². The van der Waals surface area contributed by atoms with Gasteiger partial charge in [-0.25, -0.2) is 0 Å². The molecule has 9 nitrogen and oxygen atoms in total. The van der Waals surface area contributed by atoms with E-state index in [1.165, 1.54) is 71.1 Å². The number of carbonyl (C=O) groups is 1. The largest absolute Gasteiger partial charge is 0.394 e. The van der Waals surface area contributed by atoms with Gasteiger partial charge in [-0.3, -0.25) is 4.79 Å². The number of carbonyl (C=O) groups excluding carboxylic acids is 1. The van der Waals surface area contributed by atoms with Crippen LogP contribution < -0.4 is 5.32 Å². The number of aliphatic hydroxyl groups is 4. The molecule has 0 aliphatic carbocycles. The predicted octanol–water partition coefficient (Wildman–Crippen LogP) is 2.58. The first-order chi connectivity index (χ1) is 17.3. The van der Waals surface area contributed by atoms with Crippen LogP contribution in [0.3, 0.4) is 0 Å². The van der Waals surface area contributed by atoms with E-state index in [-0.39, 0.29) is 12.5 Å². The Hall–Kier alpha value is -1.07. The number of methoxy groups -OCH3 is 1. The van der Waals surface area contributed by atoms with Crippen LogP contribution in [0.25, 0.3) is 0 Å². The van der Waals surface area contributed by atoms with Crippen molar-refractivity contribution in [2.24, 2.45) is 0 Å². The van der Waals surface area contributed by atoms with E-state index in [2.05, 4.69) is 12.2 Å². The van der Waals surface area contributed by atoms with Crippen molar-refractivity contribution < 1.29 is 39.4 Å². The lowest BCUT2D eigenvalue weighted by molar-refractivity contribution is -0.302. The van der Waals surface area contributed by atoms with Crippen LogP contribution in [0.15, 0.2) is 12.2 Å². The summed E-state index contributed by atoms with van der Waals surface area (Å²) in [5, 5.41) is 42.2. The van der Waals surface area contributed by atoms with Crippen molar-refractivity contribution in [1.82, 2.24) is 5.32 Å². The Morgan fingerprint density at radius 2 is 1.53 bits per heavy atom. The SMILES string of the molecule is CCCCCCCCCCCCC/C=C/C(OC)[C@H](COC1OC(CO)C(O)C(O)C1O)NC(C)=O. The first-order valence-corrected chi connectivity index (χ1v) is 13.7. The van der Waals surface area contributed by atoms with Gasteiger partial charge in [0.05, 0.1) is 25.4 Å². The van der Waals surface area contributed by atoms with Gasteiger partial charge in [0.1, 0.15) is 24.4 Å². The van der Waals surface area contributed by atoms with E-state index in [4.69, 9.17) is 14.2 Å². The van der Waals surface area contributed by atoms with Gasteiger partial charge in [-0.1, -0.05) is 83.3 Å². The van der Waals surface area contributed by atoms with Crippen LogP contribution >= 0.6 is 0 Å². The maximum atomic E-state index is 11.7. The van der Waals surface area contributed by atoms with Crippen molar-refractivity contribution in [1.29, 1.82) is 0 Å². The van der Waals surface area contributed by atoms with Gasteiger partial charge < -0.3 is 40.0 Å². The van der Waals surface area contributed by atoms with Crippen molar-refractivity contribution in [3.63, 3.8) is 0 Å². The number of nitrogens with one attached hydrogen (secondary N) is 1. The predicted molar refractivity (Wildman–Crippen MR) is 138 cm³/mol. The average molecular weight is 518 g/mol. The molecule has 0 aromatic heterocycles. The Kier molecular flexibility index (Phi) is 18.3. The van der Waals surface area contributed by atoms with Gasteiger partial charge in [0, 0.05) is 14.0 Å². The molecule has 0 radical (unpaired) electrons. The van der Waals surface area contributed by atoms with Crippen LogP contribution in [-0.2, 0) is 19.0 Å². The van der Waals surface area contributed by atoms with Crippen molar-refractivity contribution in [3.8, 4) is 0 Å². The summed E-state index contributed by atoms with van der Waals surface area (Å²) in [4.78, 5) is 11.7. The van der Waals surface area contributed by atoms with E-state index in [1.807, 2.05) is 12.2 Å². The Morgan fingerprint density at radius 1 is 0.944 bits per heavy atom. The van der Waals surface area contributed by atoms with Crippen LogP contribution in [-0.4, -0.2) is 89.5 Å². The number of amides is 1. The molecule has 1 heterocycles. The molecule has 5 N–H and O–H groups in total. The van der Waals surface area contributed by atoms with Crippen molar-refractivity contribution in [2.45, 2.75) is 134 Å². The fraction of sp³-hybridized carbons (Fsp3) is 0.889. The van der Waals surface area contributed by atoms with Gasteiger partial charge in [0.25, 0.3) is 0 Å². The smallest absolute Gasteiger partial charge is 0.217 e. The lowest BCUT2D eigenvalue weighted by atomic mass is 9.99. The number of aliphatic hydroxyl groups excluding tert-OH is 4. The van der Waals surface area contributed by atoms with Crippen molar-refractivity contribution in [2.75, 3.05) is 20.3 Å². The second-order valence-electron chi connectivity index (χ2n) is 9.79. The molecular weight excluding hydrogens is 466 g/mol. The molecule has 9 heteroatoms. The zero-order chi connectivity index (χ0) is 26.8. The molecule has 1 amide bonds. The summed E-state index contributed by atoms with van der Waals surface area (Å²) in [6.45, 7) is 3.03. The molecule has 36 heavy (non-hydrogen) atoms. The molecule has 0 aromatic carbocycles. The minimum atomic E-state index is -1.52. The van der Waals surface area contributed by atoms with Gasteiger partial charge in [-0.15, -0.1) is 0 Å². The number of ether oxygens (including phenoxy) is 3. The average Bonchev–Trinajstić information content (AvgIpc) is 2.86. The molecule has 6 unspecified atom stereocenters. The summed E-state index contributed by atoms with van der Waals surface area (Å²) < 4.78 is 16.6. The third-order valence-electron chi connectivity index (χ3n) is 6.65. The fourth-order valence-corrected chi connectivity index (χ4v) is 4.42. The zero-order valence-corrected chi connectivity index (χ0v) is 22.5. The number of unbranched alkanes of at least 4 members (excludes halogenated alkanes) is 11. The minimum absolute atomic E-state index is 0.0659. The lowest BCUT2D eigenvalue weighted by Gasteiger charge is -2.40. The molecule has 1 saturated heterocycles. The molecule has 7 atom stereocenters. The second kappa shape index (κ2) is 20.0. The standard InChI is InChI=1S/C27H51NO8/c1-4-5-6-7-8-9-10-11-12-13-14-15-16-17-22(34-3)21(28-20(2)30)19-35-27-26(33)25(32)24(31)23(18-29)36-27/h16-17,21-27,29,31-33H,4-15,18-19H2,1-3H3,(H,28,30)/b17-16+/t21-,22?,23?,24?,25?,26?,27?/m0/s1. The van der Waals surface area contributed by atoms with E-state index >= 15 is 0 Å². The third-order valence-corrected chi connectivity index (χ3v) is 6.65. The summed E-state index contributed by atoms with van der Waals surface area (Å²) >= 11 is 0. The number of allylic oxidation sites excluding steroid dienone is 1. The van der Waals surface area contributed by atoms with Gasteiger partial charge in [-0.05, 0) is 12.8 Å². The normalized spacial score (nSPS) is 26.2.